The van der Waals surface area contributed by atoms with Crippen molar-refractivity contribution in [3.05, 3.63) is 45.9 Å². The van der Waals surface area contributed by atoms with Crippen molar-refractivity contribution < 1.29 is 9.47 Å². The Kier molecular flexibility index (Phi) is 4.48. The molecule has 0 spiro atoms. The van der Waals surface area contributed by atoms with Crippen molar-refractivity contribution in [1.82, 2.24) is 4.98 Å². The summed E-state index contributed by atoms with van der Waals surface area (Å²) >= 11 is 5.16. The molecule has 0 aliphatic carbocycles. The molecule has 3 N–H and O–H groups in total. The second kappa shape index (κ2) is 6.71. The number of nitrogen functional groups attached to an aromatic ring is 1. The van der Waals surface area contributed by atoms with Crippen molar-refractivity contribution in [3.63, 3.8) is 0 Å². The topological polar surface area (TPSA) is 88.4 Å². The van der Waals surface area contributed by atoms with Crippen molar-refractivity contribution in [3.8, 4) is 22.9 Å². The first-order valence-electron chi connectivity index (χ1n) is 7.32. The highest BCUT2D eigenvalue weighted by Gasteiger charge is 2.19. The van der Waals surface area contributed by atoms with Crippen molar-refractivity contribution in [2.24, 2.45) is 0 Å². The number of H-pyrrole nitrogens is 1. The molecular weight excluding hydrogens is 324 g/mol. The number of aromatic nitrogens is 1. The first-order valence-corrected chi connectivity index (χ1v) is 7.73. The lowest BCUT2D eigenvalue weighted by Gasteiger charge is -2.13. The van der Waals surface area contributed by atoms with Crippen LogP contribution in [0.3, 0.4) is 0 Å². The number of nitriles is 1. The molecule has 2 aromatic rings. The summed E-state index contributed by atoms with van der Waals surface area (Å²) in [5.41, 5.74) is 7.42. The number of nitrogens with one attached hydrogen (secondary N) is 1. The lowest BCUT2D eigenvalue weighted by Crippen LogP contribution is -2.15. The van der Waals surface area contributed by atoms with Gasteiger partial charge in [-0.1, -0.05) is 24.4 Å². The maximum absolute atomic E-state index is 9.40. The van der Waals surface area contributed by atoms with Gasteiger partial charge < -0.3 is 20.2 Å². The third-order valence-electron chi connectivity index (χ3n) is 3.77. The molecule has 0 bridgehead atoms. The minimum Gasteiger partial charge on any atom is -0.488 e. The van der Waals surface area contributed by atoms with E-state index in [2.05, 4.69) is 15.9 Å². The van der Waals surface area contributed by atoms with Gasteiger partial charge in [0.2, 0.25) is 5.69 Å². The predicted octanol–water partition coefficient (Wildman–Crippen LogP) is 3.58. The number of rotatable bonds is 3. The molecular formula is C17H14N4O2S. The monoisotopic (exact) mass is 338 g/mol. The molecule has 1 saturated heterocycles. The number of anilines is 1. The van der Waals surface area contributed by atoms with Gasteiger partial charge in [0.1, 0.15) is 28.4 Å². The minimum absolute atomic E-state index is 0.0607. The standard InChI is InChI=1S/C17H14N4O2S/c1-20-15-14(13(8-18)17(24)21-16(15)19)10-2-4-11(5-3-10)23-12-6-7-22-9-12/h2-5,12H,6-7,9H2,(H3,19,21,24). The fraction of sp³-hybridized carbons (Fsp3) is 0.235. The number of ether oxygens (including phenoxy) is 2. The van der Waals surface area contributed by atoms with Crippen LogP contribution in [0.4, 0.5) is 11.5 Å². The normalized spacial score (nSPS) is 16.3. The predicted molar refractivity (Wildman–Crippen MR) is 92.3 cm³/mol. The molecule has 6 nitrogen and oxygen atoms in total. The Balaban J connectivity index is 2.01. The van der Waals surface area contributed by atoms with Gasteiger partial charge in [0.05, 0.1) is 25.3 Å². The summed E-state index contributed by atoms with van der Waals surface area (Å²) in [6.45, 7) is 8.65. The Hall–Kier alpha value is -2.87. The molecule has 7 heteroatoms. The number of nitrogens with two attached hydrogens (primary N) is 1. The van der Waals surface area contributed by atoms with Crippen LogP contribution in [-0.2, 0) is 4.74 Å². The molecule has 0 amide bonds. The molecule has 1 aliphatic heterocycles. The first kappa shape index (κ1) is 16.0. The van der Waals surface area contributed by atoms with Crippen LogP contribution in [0.1, 0.15) is 12.0 Å². The van der Waals surface area contributed by atoms with Crippen LogP contribution in [0.25, 0.3) is 16.0 Å². The Morgan fingerprint density at radius 2 is 2.17 bits per heavy atom. The number of hydrogen-bond acceptors (Lipinski definition) is 5. The Morgan fingerprint density at radius 3 is 2.75 bits per heavy atom. The Bertz CT molecular complexity index is 900. The van der Waals surface area contributed by atoms with Gasteiger partial charge in [-0.15, -0.1) is 0 Å². The summed E-state index contributed by atoms with van der Waals surface area (Å²) in [4.78, 5) is 6.15. The van der Waals surface area contributed by atoms with E-state index >= 15 is 0 Å². The van der Waals surface area contributed by atoms with Crippen LogP contribution in [0.2, 0.25) is 0 Å². The van der Waals surface area contributed by atoms with Crippen LogP contribution in [0.15, 0.2) is 24.3 Å². The highest BCUT2D eigenvalue weighted by Crippen LogP contribution is 2.38. The van der Waals surface area contributed by atoms with Crippen LogP contribution < -0.4 is 10.5 Å². The first-order chi connectivity index (χ1) is 11.6. The molecule has 1 aromatic carbocycles. The van der Waals surface area contributed by atoms with Crippen molar-refractivity contribution in [1.29, 1.82) is 5.26 Å². The zero-order valence-corrected chi connectivity index (χ0v) is 13.5. The van der Waals surface area contributed by atoms with Gasteiger partial charge in [0.15, 0.2) is 0 Å². The average Bonchev–Trinajstić information content (AvgIpc) is 3.08. The number of aromatic amines is 1. The van der Waals surface area contributed by atoms with Gasteiger partial charge in [0.25, 0.3) is 0 Å². The quantitative estimate of drug-likeness (QED) is 0.659. The highest BCUT2D eigenvalue weighted by atomic mass is 32.1. The van der Waals surface area contributed by atoms with E-state index in [1.54, 1.807) is 24.3 Å². The number of benzene rings is 1. The summed E-state index contributed by atoms with van der Waals surface area (Å²) < 4.78 is 11.3. The average molecular weight is 338 g/mol. The summed E-state index contributed by atoms with van der Waals surface area (Å²) in [6, 6.07) is 9.26. The number of pyridine rings is 1. The molecule has 0 saturated carbocycles. The van der Waals surface area contributed by atoms with Crippen LogP contribution >= 0.6 is 12.2 Å². The van der Waals surface area contributed by atoms with Crippen LogP contribution in [0, 0.1) is 22.5 Å². The van der Waals surface area contributed by atoms with Crippen LogP contribution in [0.5, 0.6) is 5.75 Å². The second-order valence-corrected chi connectivity index (χ2v) is 5.73. The molecule has 1 aliphatic rings. The summed E-state index contributed by atoms with van der Waals surface area (Å²) in [7, 11) is 0. The fourth-order valence-electron chi connectivity index (χ4n) is 2.61. The smallest absolute Gasteiger partial charge is 0.234 e. The molecule has 24 heavy (non-hydrogen) atoms. The van der Waals surface area contributed by atoms with Crippen LogP contribution in [-0.4, -0.2) is 24.3 Å². The molecule has 120 valence electrons. The molecule has 3 rings (SSSR count). The molecule has 1 aromatic heterocycles. The van der Waals surface area contributed by atoms with E-state index < -0.39 is 0 Å². The van der Waals surface area contributed by atoms with E-state index in [0.717, 1.165) is 6.42 Å². The Morgan fingerprint density at radius 1 is 1.42 bits per heavy atom. The van der Waals surface area contributed by atoms with E-state index in [0.29, 0.717) is 30.1 Å². The third-order valence-corrected chi connectivity index (χ3v) is 4.08. The van der Waals surface area contributed by atoms with Crippen molar-refractivity contribution >= 4 is 23.7 Å². The van der Waals surface area contributed by atoms with E-state index in [1.165, 1.54) is 0 Å². The fourth-order valence-corrected chi connectivity index (χ4v) is 2.87. The molecule has 2 heterocycles. The molecule has 1 atom stereocenters. The largest absolute Gasteiger partial charge is 0.488 e. The second-order valence-electron chi connectivity index (χ2n) is 5.32. The van der Waals surface area contributed by atoms with Crippen molar-refractivity contribution in [2.45, 2.75) is 12.5 Å². The molecule has 1 unspecified atom stereocenters. The zero-order chi connectivity index (χ0) is 17.1. The summed E-state index contributed by atoms with van der Waals surface area (Å²) in [5, 5.41) is 9.40. The maximum atomic E-state index is 9.40. The van der Waals surface area contributed by atoms with E-state index in [-0.39, 0.29) is 27.8 Å². The lowest BCUT2D eigenvalue weighted by atomic mass is 10.00. The van der Waals surface area contributed by atoms with E-state index in [4.69, 9.17) is 34.0 Å². The SMILES string of the molecule is [C-]#[N+]c1c(N)[nH]c(=S)c(C#N)c1-c1ccc(OC2CCOC2)cc1. The van der Waals surface area contributed by atoms with E-state index in [9.17, 15) is 5.26 Å². The summed E-state index contributed by atoms with van der Waals surface area (Å²) in [5.74, 6) is 0.874. The number of hydrogen-bond donors (Lipinski definition) is 2. The van der Waals surface area contributed by atoms with Gasteiger partial charge in [0, 0.05) is 12.0 Å². The third kappa shape index (κ3) is 2.95. The van der Waals surface area contributed by atoms with Gasteiger partial charge in [-0.2, -0.15) is 5.26 Å². The lowest BCUT2D eigenvalue weighted by molar-refractivity contribution is 0.141. The van der Waals surface area contributed by atoms with Gasteiger partial charge in [-0.3, -0.25) is 0 Å². The van der Waals surface area contributed by atoms with Gasteiger partial charge >= 0.3 is 0 Å². The number of nitrogens with zero attached hydrogens (tertiary/aromatic N) is 2. The molecule has 0 radical (unpaired) electrons. The van der Waals surface area contributed by atoms with Gasteiger partial charge in [-0.05, 0) is 17.7 Å². The Labute approximate surface area is 144 Å². The maximum Gasteiger partial charge on any atom is 0.234 e. The van der Waals surface area contributed by atoms with E-state index in [1.807, 2.05) is 0 Å². The van der Waals surface area contributed by atoms with Gasteiger partial charge in [-0.25, -0.2) is 4.85 Å². The van der Waals surface area contributed by atoms with Crippen molar-refractivity contribution in [2.75, 3.05) is 18.9 Å². The molecule has 1 fully saturated rings. The minimum atomic E-state index is 0.0607. The summed E-state index contributed by atoms with van der Waals surface area (Å²) in [6.07, 6.45) is 0.928. The zero-order valence-electron chi connectivity index (χ0n) is 12.7. The highest BCUT2D eigenvalue weighted by molar-refractivity contribution is 7.71.